The van der Waals surface area contributed by atoms with Crippen molar-refractivity contribution in [3.63, 3.8) is 0 Å². The van der Waals surface area contributed by atoms with Gasteiger partial charge >= 0.3 is 18.2 Å². The third-order valence-electron chi connectivity index (χ3n) is 4.61. The minimum absolute atomic E-state index is 0.00782. The fourth-order valence-electron chi connectivity index (χ4n) is 3.37. The molecule has 0 unspecified atom stereocenters. The Balaban J connectivity index is 3.08. The minimum atomic E-state index is -1.85. The number of hydrogen-bond acceptors (Lipinski definition) is 8. The van der Waals surface area contributed by atoms with E-state index in [1.807, 2.05) is 0 Å². The van der Waals surface area contributed by atoms with Crippen LogP contribution in [-0.4, -0.2) is 87.8 Å². The lowest BCUT2D eigenvalue weighted by molar-refractivity contribution is -0.165. The number of Topliss-reactive ketones (excluding diaryl/α,β-unsaturated/α-hetero) is 1. The molecule has 0 spiro atoms. The number of ketones is 1. The number of alkyl carbamates (subject to hydrolysis) is 1. The molecular weight excluding hydrogens is 436 g/mol. The lowest BCUT2D eigenvalue weighted by Gasteiger charge is -2.47. The second-order valence-electron chi connectivity index (χ2n) is 9.83. The molecule has 12 nitrogen and oxygen atoms in total. The van der Waals surface area contributed by atoms with Gasteiger partial charge in [0.05, 0.1) is 0 Å². The predicted molar refractivity (Wildman–Crippen MR) is 117 cm³/mol. The number of nitrogens with zero attached hydrogens (tertiary/aromatic N) is 2. The molecule has 1 aliphatic rings. The van der Waals surface area contributed by atoms with Crippen LogP contribution in [0.4, 0.5) is 9.59 Å². The number of hydrazine groups is 1. The van der Waals surface area contributed by atoms with Crippen LogP contribution in [0.15, 0.2) is 0 Å². The number of rotatable bonds is 8. The van der Waals surface area contributed by atoms with Crippen molar-refractivity contribution >= 4 is 29.8 Å². The Morgan fingerprint density at radius 2 is 1.55 bits per heavy atom. The van der Waals surface area contributed by atoms with Gasteiger partial charge in [0.2, 0.25) is 0 Å². The Morgan fingerprint density at radius 1 is 1.00 bits per heavy atom. The molecule has 0 saturated carbocycles. The number of carboxylic acids is 1. The number of ether oxygens (including phenoxy) is 2. The van der Waals surface area contributed by atoms with E-state index >= 15 is 0 Å². The predicted octanol–water partition coefficient (Wildman–Crippen LogP) is 1.29. The molecule has 0 aliphatic carbocycles. The first kappa shape index (κ1) is 28.1. The van der Waals surface area contributed by atoms with Crippen molar-refractivity contribution in [2.24, 2.45) is 0 Å². The molecular formula is C21H36N4O8. The van der Waals surface area contributed by atoms with Gasteiger partial charge in [-0.15, -0.1) is 0 Å². The number of carbonyl (C=O) groups is 5. The monoisotopic (exact) mass is 472 g/mol. The van der Waals surface area contributed by atoms with Gasteiger partial charge in [0.25, 0.3) is 5.91 Å². The highest BCUT2D eigenvalue weighted by molar-refractivity contribution is 6.10. The van der Waals surface area contributed by atoms with Crippen LogP contribution in [-0.2, 0) is 23.9 Å². The van der Waals surface area contributed by atoms with E-state index in [2.05, 4.69) is 10.7 Å². The van der Waals surface area contributed by atoms with Gasteiger partial charge in [-0.25, -0.2) is 9.59 Å². The first-order valence-corrected chi connectivity index (χ1v) is 10.7. The maximum absolute atomic E-state index is 13.3. The normalized spacial score (nSPS) is 19.6. The molecule has 0 radical (unpaired) electrons. The highest BCUT2D eigenvalue weighted by Gasteiger charge is 2.54. The van der Waals surface area contributed by atoms with Crippen LogP contribution in [0.5, 0.6) is 0 Å². The summed E-state index contributed by atoms with van der Waals surface area (Å²) in [5.74, 6) is -2.53. The summed E-state index contributed by atoms with van der Waals surface area (Å²) in [5.41, 5.74) is -0.865. The number of amides is 3. The highest BCUT2D eigenvalue weighted by atomic mass is 16.6. The van der Waals surface area contributed by atoms with Gasteiger partial charge in [0, 0.05) is 19.6 Å². The van der Waals surface area contributed by atoms with Crippen molar-refractivity contribution in [3.05, 3.63) is 0 Å². The van der Waals surface area contributed by atoms with E-state index in [0.717, 1.165) is 4.90 Å². The SMILES string of the molecule is CC(=O)[C@@]1(CCCNC(=O)OC(C)(C)C)C(=O)N(CC(=O)O)CCN1NC(=O)OC(C)(C)C. The molecule has 188 valence electrons. The minimum Gasteiger partial charge on any atom is -0.480 e. The fraction of sp³-hybridized carbons (Fsp3) is 0.762. The number of carboxylic acid groups (broad SMARTS) is 1. The second kappa shape index (κ2) is 10.8. The Labute approximate surface area is 193 Å². The van der Waals surface area contributed by atoms with E-state index in [1.165, 1.54) is 11.9 Å². The van der Waals surface area contributed by atoms with Crippen LogP contribution >= 0.6 is 0 Å². The average molecular weight is 473 g/mol. The Kier molecular flexibility index (Phi) is 9.23. The smallest absolute Gasteiger partial charge is 0.422 e. The van der Waals surface area contributed by atoms with Gasteiger partial charge in [-0.3, -0.25) is 19.8 Å². The van der Waals surface area contributed by atoms with E-state index < -0.39 is 53.1 Å². The lowest BCUT2D eigenvalue weighted by Crippen LogP contribution is -2.73. The number of aliphatic carboxylic acids is 1. The number of piperazine rings is 1. The zero-order valence-electron chi connectivity index (χ0n) is 20.4. The molecule has 12 heteroatoms. The van der Waals surface area contributed by atoms with Crippen molar-refractivity contribution in [1.29, 1.82) is 0 Å². The van der Waals surface area contributed by atoms with Crippen molar-refractivity contribution in [3.8, 4) is 0 Å². The van der Waals surface area contributed by atoms with E-state index in [0.29, 0.717) is 0 Å². The summed E-state index contributed by atoms with van der Waals surface area (Å²) in [4.78, 5) is 62.7. The average Bonchev–Trinajstić information content (AvgIpc) is 2.59. The van der Waals surface area contributed by atoms with Crippen LogP contribution in [0.1, 0.15) is 61.3 Å². The number of hydrogen-bond donors (Lipinski definition) is 3. The second-order valence-corrected chi connectivity index (χ2v) is 9.83. The molecule has 1 saturated heterocycles. The largest absolute Gasteiger partial charge is 0.480 e. The summed E-state index contributed by atoms with van der Waals surface area (Å²) in [5, 5.41) is 12.9. The van der Waals surface area contributed by atoms with Gasteiger partial charge in [0.15, 0.2) is 11.3 Å². The molecule has 1 rings (SSSR count). The summed E-state index contributed by atoms with van der Waals surface area (Å²) >= 11 is 0. The van der Waals surface area contributed by atoms with Crippen molar-refractivity contribution < 1.29 is 38.6 Å². The van der Waals surface area contributed by atoms with Crippen molar-refractivity contribution in [2.45, 2.75) is 78.0 Å². The van der Waals surface area contributed by atoms with Crippen molar-refractivity contribution in [1.82, 2.24) is 20.7 Å². The van der Waals surface area contributed by atoms with E-state index in [4.69, 9.17) is 14.6 Å². The van der Waals surface area contributed by atoms with Gasteiger partial charge in [-0.2, -0.15) is 5.01 Å². The molecule has 0 bridgehead atoms. The molecule has 0 aromatic carbocycles. The summed E-state index contributed by atoms with van der Waals surface area (Å²) in [6.07, 6.45) is -1.40. The lowest BCUT2D eigenvalue weighted by atomic mass is 9.84. The molecule has 33 heavy (non-hydrogen) atoms. The fourth-order valence-corrected chi connectivity index (χ4v) is 3.37. The Hall–Kier alpha value is -2.89. The topological polar surface area (TPSA) is 155 Å². The summed E-state index contributed by atoms with van der Waals surface area (Å²) in [6, 6.07) is 0. The quantitative estimate of drug-likeness (QED) is 0.350. The van der Waals surface area contributed by atoms with Crippen LogP contribution in [0, 0.1) is 0 Å². The van der Waals surface area contributed by atoms with Gasteiger partial charge in [-0.1, -0.05) is 0 Å². The molecule has 3 N–H and O–H groups in total. The standard InChI is InChI=1S/C21H36N4O8/c1-14(26)21(9-8-10-22-17(30)32-19(2,3)4)16(29)24(13-15(27)28)11-12-25(21)23-18(31)33-20(5,6)7/h8-13H2,1-7H3,(H,22,30)(H,23,31)(H,27,28)/t21-/m0/s1. The molecule has 0 aromatic rings. The van der Waals surface area contributed by atoms with Crippen molar-refractivity contribution in [2.75, 3.05) is 26.2 Å². The Morgan fingerprint density at radius 3 is 2.03 bits per heavy atom. The van der Waals surface area contributed by atoms with E-state index in [-0.39, 0.29) is 32.5 Å². The Bertz CT molecular complexity index is 771. The summed E-state index contributed by atoms with van der Waals surface area (Å²) in [7, 11) is 0. The molecule has 0 aromatic heterocycles. The van der Waals surface area contributed by atoms with E-state index in [9.17, 15) is 24.0 Å². The third-order valence-corrected chi connectivity index (χ3v) is 4.61. The maximum atomic E-state index is 13.3. The number of carbonyl (C=O) groups excluding carboxylic acids is 4. The zero-order valence-corrected chi connectivity index (χ0v) is 20.4. The third kappa shape index (κ3) is 8.52. The first-order chi connectivity index (χ1) is 15.0. The van der Waals surface area contributed by atoms with Gasteiger partial charge in [-0.05, 0) is 61.3 Å². The summed E-state index contributed by atoms with van der Waals surface area (Å²) < 4.78 is 10.4. The molecule has 1 fully saturated rings. The number of nitrogens with one attached hydrogen (secondary N) is 2. The molecule has 1 atom stereocenters. The van der Waals surface area contributed by atoms with Crippen LogP contribution in [0.3, 0.4) is 0 Å². The van der Waals surface area contributed by atoms with Gasteiger partial charge < -0.3 is 24.8 Å². The van der Waals surface area contributed by atoms with E-state index in [1.54, 1.807) is 41.5 Å². The first-order valence-electron chi connectivity index (χ1n) is 10.7. The summed E-state index contributed by atoms with van der Waals surface area (Å²) in [6.45, 7) is 10.9. The zero-order chi connectivity index (χ0) is 25.6. The molecule has 1 heterocycles. The van der Waals surface area contributed by atoms with Crippen LogP contribution < -0.4 is 10.7 Å². The van der Waals surface area contributed by atoms with Crippen LogP contribution in [0.2, 0.25) is 0 Å². The highest BCUT2D eigenvalue weighted by Crippen LogP contribution is 2.28. The molecule has 3 amide bonds. The van der Waals surface area contributed by atoms with Gasteiger partial charge in [0.1, 0.15) is 17.7 Å². The maximum Gasteiger partial charge on any atom is 0.422 e. The molecule has 1 aliphatic heterocycles. The van der Waals surface area contributed by atoms with Crippen LogP contribution in [0.25, 0.3) is 0 Å².